The van der Waals surface area contributed by atoms with E-state index >= 15 is 0 Å². The van der Waals surface area contributed by atoms with Gasteiger partial charge >= 0.3 is 5.97 Å². The molecule has 0 aromatic heterocycles. The molecular formula is C63H121NO5. The third kappa shape index (κ3) is 55.5. The largest absolute Gasteiger partial charge is 0.466 e. The molecule has 0 bridgehead atoms. The minimum Gasteiger partial charge on any atom is -0.466 e. The topological polar surface area (TPSA) is 95.9 Å². The highest BCUT2D eigenvalue weighted by molar-refractivity contribution is 5.76. The standard InChI is InChI=1S/C63H121NO5/c1-3-5-7-9-11-13-15-35-39-43-47-51-55-61(66)60(59-65)64-62(67)56-52-48-44-40-36-33-31-29-27-25-23-21-19-17-18-20-22-24-26-28-30-32-34-38-42-46-50-54-58-69-63(68)57-53-49-45-41-37-16-14-12-10-8-6-4-2/h12,14,51,55,60-61,65-66H,3-11,13,15-50,52-54,56-59H2,1-2H3,(H,64,67)/b14-12-,55-51+. The number of unbranched alkanes of at least 4 members (excludes halogenated alkanes) is 45. The smallest absolute Gasteiger partial charge is 0.305 e. The molecule has 0 saturated carbocycles. The lowest BCUT2D eigenvalue weighted by Gasteiger charge is -2.20. The summed E-state index contributed by atoms with van der Waals surface area (Å²) in [4.78, 5) is 24.4. The van der Waals surface area contributed by atoms with Crippen molar-refractivity contribution in [3.8, 4) is 0 Å². The van der Waals surface area contributed by atoms with Gasteiger partial charge in [-0.15, -0.1) is 0 Å². The normalized spacial score (nSPS) is 12.7. The van der Waals surface area contributed by atoms with Crippen LogP contribution < -0.4 is 5.32 Å². The minimum atomic E-state index is -0.840. The van der Waals surface area contributed by atoms with Gasteiger partial charge in [0.25, 0.3) is 0 Å². The molecule has 3 N–H and O–H groups in total. The molecule has 0 aliphatic rings. The molecule has 69 heavy (non-hydrogen) atoms. The number of allylic oxidation sites excluding steroid dienone is 3. The lowest BCUT2D eigenvalue weighted by Crippen LogP contribution is -2.45. The van der Waals surface area contributed by atoms with Crippen molar-refractivity contribution in [3.05, 3.63) is 24.3 Å². The second-order valence-electron chi connectivity index (χ2n) is 21.4. The Morgan fingerprint density at radius 2 is 0.681 bits per heavy atom. The molecule has 0 fully saturated rings. The van der Waals surface area contributed by atoms with E-state index in [1.807, 2.05) is 6.08 Å². The summed E-state index contributed by atoms with van der Waals surface area (Å²) in [6, 6.07) is -0.624. The Kier molecular flexibility index (Phi) is 57.5. The zero-order valence-electron chi connectivity index (χ0n) is 46.6. The fourth-order valence-corrected chi connectivity index (χ4v) is 9.69. The van der Waals surface area contributed by atoms with Crippen molar-refractivity contribution in [1.29, 1.82) is 0 Å². The Morgan fingerprint density at radius 3 is 1.06 bits per heavy atom. The van der Waals surface area contributed by atoms with Gasteiger partial charge in [-0.1, -0.05) is 295 Å². The first-order valence-electron chi connectivity index (χ1n) is 31.1. The van der Waals surface area contributed by atoms with Crippen molar-refractivity contribution in [2.45, 2.75) is 353 Å². The van der Waals surface area contributed by atoms with Crippen LogP contribution in [0.1, 0.15) is 341 Å². The number of carbonyl (C=O) groups excluding carboxylic acids is 2. The summed E-state index contributed by atoms with van der Waals surface area (Å²) in [5, 5.41) is 23.1. The van der Waals surface area contributed by atoms with Gasteiger partial charge in [-0.2, -0.15) is 0 Å². The van der Waals surface area contributed by atoms with Gasteiger partial charge in [-0.3, -0.25) is 9.59 Å². The third-order valence-corrected chi connectivity index (χ3v) is 14.5. The number of nitrogens with one attached hydrogen (secondary N) is 1. The average Bonchev–Trinajstić information content (AvgIpc) is 3.35. The monoisotopic (exact) mass is 972 g/mol. The maximum atomic E-state index is 12.4. The number of ether oxygens (including phenoxy) is 1. The number of esters is 1. The first kappa shape index (κ1) is 67.3. The van der Waals surface area contributed by atoms with Crippen LogP contribution in [0.2, 0.25) is 0 Å². The van der Waals surface area contributed by atoms with Crippen LogP contribution in [0.5, 0.6) is 0 Å². The van der Waals surface area contributed by atoms with E-state index in [9.17, 15) is 19.8 Å². The van der Waals surface area contributed by atoms with Gasteiger partial charge < -0.3 is 20.3 Å². The lowest BCUT2D eigenvalue weighted by atomic mass is 10.0. The Morgan fingerprint density at radius 1 is 0.391 bits per heavy atom. The number of amides is 1. The lowest BCUT2D eigenvalue weighted by molar-refractivity contribution is -0.143. The van der Waals surface area contributed by atoms with E-state index in [2.05, 4.69) is 31.3 Å². The van der Waals surface area contributed by atoms with Crippen LogP contribution in [-0.2, 0) is 14.3 Å². The van der Waals surface area contributed by atoms with Gasteiger partial charge in [0, 0.05) is 12.8 Å². The van der Waals surface area contributed by atoms with Crippen LogP contribution in [0, 0.1) is 0 Å². The van der Waals surface area contributed by atoms with E-state index in [1.165, 1.54) is 270 Å². The number of aliphatic hydroxyl groups is 2. The van der Waals surface area contributed by atoms with Gasteiger partial charge in [0.2, 0.25) is 5.91 Å². The summed E-state index contributed by atoms with van der Waals surface area (Å²) >= 11 is 0. The summed E-state index contributed by atoms with van der Waals surface area (Å²) in [7, 11) is 0. The molecule has 0 aromatic rings. The first-order valence-corrected chi connectivity index (χ1v) is 31.1. The van der Waals surface area contributed by atoms with Crippen LogP contribution in [-0.4, -0.2) is 47.4 Å². The molecule has 6 nitrogen and oxygen atoms in total. The highest BCUT2D eigenvalue weighted by Crippen LogP contribution is 2.18. The van der Waals surface area contributed by atoms with Gasteiger partial charge in [0.15, 0.2) is 0 Å². The maximum Gasteiger partial charge on any atom is 0.305 e. The van der Waals surface area contributed by atoms with E-state index in [0.717, 1.165) is 44.9 Å². The van der Waals surface area contributed by atoms with Crippen molar-refractivity contribution < 1.29 is 24.5 Å². The van der Waals surface area contributed by atoms with E-state index in [0.29, 0.717) is 19.4 Å². The van der Waals surface area contributed by atoms with E-state index in [1.54, 1.807) is 6.08 Å². The molecule has 2 unspecified atom stereocenters. The zero-order chi connectivity index (χ0) is 50.0. The molecule has 0 heterocycles. The fraction of sp³-hybridized carbons (Fsp3) is 0.905. The molecule has 0 spiro atoms. The average molecular weight is 973 g/mol. The predicted octanol–water partition coefficient (Wildman–Crippen LogP) is 19.4. The summed E-state index contributed by atoms with van der Waals surface area (Å²) in [5.41, 5.74) is 0. The highest BCUT2D eigenvalue weighted by atomic mass is 16.5. The van der Waals surface area contributed by atoms with Crippen molar-refractivity contribution in [1.82, 2.24) is 5.32 Å². The molecule has 0 radical (unpaired) electrons. The van der Waals surface area contributed by atoms with Crippen LogP contribution in [0.15, 0.2) is 24.3 Å². The van der Waals surface area contributed by atoms with E-state index < -0.39 is 12.1 Å². The van der Waals surface area contributed by atoms with Gasteiger partial charge in [0.1, 0.15) is 0 Å². The molecule has 6 heteroatoms. The van der Waals surface area contributed by atoms with E-state index in [-0.39, 0.29) is 18.5 Å². The maximum absolute atomic E-state index is 12.4. The second-order valence-corrected chi connectivity index (χ2v) is 21.4. The van der Waals surface area contributed by atoms with Crippen molar-refractivity contribution in [2.75, 3.05) is 13.2 Å². The summed E-state index contributed by atoms with van der Waals surface area (Å²) in [5.74, 6) is -0.0561. The first-order chi connectivity index (χ1) is 34.0. The second kappa shape index (κ2) is 58.9. The summed E-state index contributed by atoms with van der Waals surface area (Å²) in [6.07, 6.45) is 72.3. The number of aliphatic hydroxyl groups excluding tert-OH is 2. The Hall–Kier alpha value is -1.66. The summed E-state index contributed by atoms with van der Waals surface area (Å²) in [6.45, 7) is 4.89. The molecule has 0 rings (SSSR count). The van der Waals surface area contributed by atoms with Gasteiger partial charge in [-0.25, -0.2) is 0 Å². The molecule has 2 atom stereocenters. The number of carbonyl (C=O) groups is 2. The van der Waals surface area contributed by atoms with Crippen LogP contribution in [0.4, 0.5) is 0 Å². The van der Waals surface area contributed by atoms with Crippen LogP contribution in [0.25, 0.3) is 0 Å². The van der Waals surface area contributed by atoms with Gasteiger partial charge in [-0.05, 0) is 57.8 Å². The van der Waals surface area contributed by atoms with E-state index in [4.69, 9.17) is 4.74 Å². The molecule has 1 amide bonds. The Balaban J connectivity index is 3.34. The quantitative estimate of drug-likeness (QED) is 0.0321. The molecular weight excluding hydrogens is 851 g/mol. The van der Waals surface area contributed by atoms with Crippen LogP contribution in [0.3, 0.4) is 0 Å². The van der Waals surface area contributed by atoms with Gasteiger partial charge in [0.05, 0.1) is 25.4 Å². The SMILES string of the molecule is CCCCC/C=C\CCCCCCCC(=O)OCCCCCCCCCCCCCCCCCCCCCCCCCCCCCCC(=O)NC(CO)C(O)/C=C/CCCCCCCCCCCC. The molecule has 0 aliphatic carbocycles. The number of hydrogen-bond acceptors (Lipinski definition) is 5. The van der Waals surface area contributed by atoms with Crippen molar-refractivity contribution in [2.24, 2.45) is 0 Å². The predicted molar refractivity (Wildman–Crippen MR) is 301 cm³/mol. The fourth-order valence-electron chi connectivity index (χ4n) is 9.69. The van der Waals surface area contributed by atoms with Crippen molar-refractivity contribution in [3.63, 3.8) is 0 Å². The molecule has 0 saturated heterocycles. The third-order valence-electron chi connectivity index (χ3n) is 14.5. The van der Waals surface area contributed by atoms with Crippen LogP contribution >= 0.6 is 0 Å². The Labute approximate surface area is 431 Å². The molecule has 408 valence electrons. The highest BCUT2D eigenvalue weighted by Gasteiger charge is 2.18. The molecule has 0 aliphatic heterocycles. The molecule has 0 aromatic carbocycles. The van der Waals surface area contributed by atoms with Crippen molar-refractivity contribution >= 4 is 11.9 Å². The number of rotatable bonds is 58. The number of hydrogen-bond donors (Lipinski definition) is 3. The summed E-state index contributed by atoms with van der Waals surface area (Å²) < 4.78 is 5.47. The minimum absolute atomic E-state index is 0.00839. The Bertz CT molecular complexity index is 1080. The zero-order valence-corrected chi connectivity index (χ0v) is 46.6.